The van der Waals surface area contributed by atoms with E-state index in [1.54, 1.807) is 29.2 Å². The number of nitrogens with zero attached hydrogens (tertiary/aromatic N) is 4. The van der Waals surface area contributed by atoms with Crippen LogP contribution >= 0.6 is 11.6 Å². The monoisotopic (exact) mass is 736 g/mol. The second-order valence-corrected chi connectivity index (χ2v) is 13.9. The predicted octanol–water partition coefficient (Wildman–Crippen LogP) is 9.50. The van der Waals surface area contributed by atoms with Crippen LogP contribution in [0.3, 0.4) is 0 Å². The number of hydrogen-bond donors (Lipinski definition) is 0. The van der Waals surface area contributed by atoms with E-state index in [2.05, 4.69) is 6.92 Å². The van der Waals surface area contributed by atoms with Crippen LogP contribution in [0.1, 0.15) is 74.6 Å². The first kappa shape index (κ1) is 39.1. The van der Waals surface area contributed by atoms with Gasteiger partial charge in [0.2, 0.25) is 17.8 Å². The number of esters is 1. The molecule has 2 amide bonds. The van der Waals surface area contributed by atoms with Crippen LogP contribution in [0.5, 0.6) is 11.5 Å². The summed E-state index contributed by atoms with van der Waals surface area (Å²) in [5.74, 6) is 0.769. The zero-order valence-electron chi connectivity index (χ0n) is 31.4. The number of amides is 2. The summed E-state index contributed by atoms with van der Waals surface area (Å²) in [5, 5.41) is 0.533. The maximum atomic E-state index is 13.5. The molecule has 0 spiro atoms. The van der Waals surface area contributed by atoms with E-state index < -0.39 is 5.97 Å². The van der Waals surface area contributed by atoms with Gasteiger partial charge in [-0.25, -0.2) is 9.79 Å². The highest BCUT2D eigenvalue weighted by Gasteiger charge is 2.31. The zero-order chi connectivity index (χ0) is 37.9. The van der Waals surface area contributed by atoms with Crippen molar-refractivity contribution in [1.82, 2.24) is 4.90 Å². The summed E-state index contributed by atoms with van der Waals surface area (Å²) >= 11 is 6.17. The number of benzene rings is 4. The Morgan fingerprint density at radius 3 is 2.25 bits per heavy atom. The molecule has 278 valence electrons. The molecule has 0 saturated carbocycles. The number of guanidine groups is 1. The minimum Gasteiger partial charge on any atom is -0.494 e. The molecule has 0 unspecified atom stereocenters. The molecule has 10 heteroatoms. The highest BCUT2D eigenvalue weighted by atomic mass is 35.5. The Morgan fingerprint density at radius 1 is 0.849 bits per heavy atom. The standard InChI is InChI=1S/C43H49ClN4O5/c1-6-7-8-12-23-47(36-14-10-9-11-15-36)40(50)16-13-24-52-38-21-22-39-34(27-38)28-46(29-41(51)53-42-31(3)25-30(2)26-32(42)4)43(45-39)48(33(5)49)37-19-17-35(44)18-20-37/h9-11,14-15,17-22,25-27H,6-8,12-13,16,23-24,28-29H2,1-5H3. The molecule has 9 nitrogen and oxygen atoms in total. The highest BCUT2D eigenvalue weighted by Crippen LogP contribution is 2.33. The van der Waals surface area contributed by atoms with Gasteiger partial charge in [-0.3, -0.25) is 14.5 Å². The lowest BCUT2D eigenvalue weighted by atomic mass is 10.1. The molecule has 0 aliphatic carbocycles. The molecule has 0 aromatic heterocycles. The summed E-state index contributed by atoms with van der Waals surface area (Å²) in [6, 6.07) is 26.2. The Morgan fingerprint density at radius 2 is 1.57 bits per heavy atom. The number of para-hydroxylation sites is 1. The van der Waals surface area contributed by atoms with Crippen molar-refractivity contribution in [2.24, 2.45) is 4.99 Å². The summed E-state index contributed by atoms with van der Waals surface area (Å²) < 4.78 is 12.0. The number of fused-ring (bicyclic) bond motifs is 1. The van der Waals surface area contributed by atoms with Gasteiger partial charge in [0.05, 0.1) is 18.0 Å². The predicted molar refractivity (Wildman–Crippen MR) is 213 cm³/mol. The molecule has 0 radical (unpaired) electrons. The van der Waals surface area contributed by atoms with Crippen molar-refractivity contribution in [2.45, 2.75) is 79.7 Å². The fraction of sp³-hybridized carbons (Fsp3) is 0.349. The molecule has 1 heterocycles. The second-order valence-electron chi connectivity index (χ2n) is 13.5. The number of hydrogen-bond acceptors (Lipinski definition) is 7. The summed E-state index contributed by atoms with van der Waals surface area (Å²) in [6.45, 7) is 10.6. The minimum absolute atomic E-state index is 0.0814. The van der Waals surface area contributed by atoms with Crippen molar-refractivity contribution < 1.29 is 23.9 Å². The van der Waals surface area contributed by atoms with Gasteiger partial charge in [-0.1, -0.05) is 73.7 Å². The van der Waals surface area contributed by atoms with E-state index in [4.69, 9.17) is 26.1 Å². The highest BCUT2D eigenvalue weighted by molar-refractivity contribution is 6.30. The molecule has 4 aromatic rings. The molecule has 1 aliphatic rings. The third-order valence-corrected chi connectivity index (χ3v) is 9.32. The van der Waals surface area contributed by atoms with E-state index in [9.17, 15) is 14.4 Å². The summed E-state index contributed by atoms with van der Waals surface area (Å²) in [5.41, 5.74) is 5.76. The molecular formula is C43H49ClN4O5. The van der Waals surface area contributed by atoms with Crippen LogP contribution in [0.2, 0.25) is 5.02 Å². The van der Waals surface area contributed by atoms with Gasteiger partial charge in [0.1, 0.15) is 18.0 Å². The smallest absolute Gasteiger partial charge is 0.331 e. The molecule has 0 atom stereocenters. The lowest BCUT2D eigenvalue weighted by Gasteiger charge is -2.35. The van der Waals surface area contributed by atoms with Gasteiger partial charge < -0.3 is 19.3 Å². The zero-order valence-corrected chi connectivity index (χ0v) is 32.1. The average Bonchev–Trinajstić information content (AvgIpc) is 3.13. The Bertz CT molecular complexity index is 1910. The van der Waals surface area contributed by atoms with E-state index in [0.717, 1.165) is 53.6 Å². The van der Waals surface area contributed by atoms with Crippen molar-refractivity contribution in [3.63, 3.8) is 0 Å². The van der Waals surface area contributed by atoms with Gasteiger partial charge in [-0.2, -0.15) is 0 Å². The molecule has 4 aromatic carbocycles. The number of aryl methyl sites for hydroxylation is 3. The number of ether oxygens (including phenoxy) is 2. The third-order valence-electron chi connectivity index (χ3n) is 9.06. The molecule has 5 rings (SSSR count). The molecular weight excluding hydrogens is 688 g/mol. The molecule has 0 saturated heterocycles. The number of rotatable bonds is 15. The fourth-order valence-electron chi connectivity index (χ4n) is 6.57. The van der Waals surface area contributed by atoms with Crippen LogP contribution in [0.15, 0.2) is 89.9 Å². The number of carbonyl (C=O) groups is 3. The van der Waals surface area contributed by atoms with E-state index >= 15 is 0 Å². The van der Waals surface area contributed by atoms with Gasteiger partial charge in [0.15, 0.2) is 0 Å². The third kappa shape index (κ3) is 10.5. The maximum absolute atomic E-state index is 13.5. The number of halogens is 1. The van der Waals surface area contributed by atoms with Gasteiger partial charge in [0, 0.05) is 42.7 Å². The van der Waals surface area contributed by atoms with Crippen LogP contribution in [0.4, 0.5) is 17.1 Å². The lowest BCUT2D eigenvalue weighted by Crippen LogP contribution is -2.50. The van der Waals surface area contributed by atoms with Crippen LogP contribution in [0.25, 0.3) is 0 Å². The number of carbonyl (C=O) groups excluding carboxylic acids is 3. The van der Waals surface area contributed by atoms with Crippen molar-refractivity contribution in [3.05, 3.63) is 112 Å². The first-order chi connectivity index (χ1) is 25.5. The summed E-state index contributed by atoms with van der Waals surface area (Å²) in [4.78, 5) is 50.0. The summed E-state index contributed by atoms with van der Waals surface area (Å²) in [7, 11) is 0. The minimum atomic E-state index is -0.484. The molecule has 53 heavy (non-hydrogen) atoms. The molecule has 1 aliphatic heterocycles. The molecule has 0 fully saturated rings. The second kappa shape index (κ2) is 18.6. The van der Waals surface area contributed by atoms with Gasteiger partial charge in [0.25, 0.3) is 0 Å². The van der Waals surface area contributed by atoms with Crippen LogP contribution in [-0.4, -0.2) is 48.3 Å². The van der Waals surface area contributed by atoms with Crippen molar-refractivity contribution >= 4 is 52.4 Å². The maximum Gasteiger partial charge on any atom is 0.331 e. The van der Waals surface area contributed by atoms with Crippen molar-refractivity contribution in [2.75, 3.05) is 29.5 Å². The van der Waals surface area contributed by atoms with Crippen molar-refractivity contribution in [1.29, 1.82) is 0 Å². The van der Waals surface area contributed by atoms with Crippen LogP contribution in [-0.2, 0) is 20.9 Å². The van der Waals surface area contributed by atoms with Crippen molar-refractivity contribution in [3.8, 4) is 11.5 Å². The Hall–Kier alpha value is -5.15. The number of anilines is 2. The van der Waals surface area contributed by atoms with E-state index in [0.29, 0.717) is 59.8 Å². The Labute approximate surface area is 318 Å². The first-order valence-corrected chi connectivity index (χ1v) is 18.7. The lowest BCUT2D eigenvalue weighted by molar-refractivity contribution is -0.135. The molecule has 0 N–H and O–H groups in total. The van der Waals surface area contributed by atoms with Gasteiger partial charge >= 0.3 is 5.97 Å². The Kier molecular flexibility index (Phi) is 13.7. The molecule has 0 bridgehead atoms. The Balaban J connectivity index is 1.31. The largest absolute Gasteiger partial charge is 0.494 e. The quantitative estimate of drug-likeness (QED) is 0.0686. The van der Waals surface area contributed by atoms with E-state index in [-0.39, 0.29) is 24.9 Å². The topological polar surface area (TPSA) is 91.8 Å². The average molecular weight is 737 g/mol. The van der Waals surface area contributed by atoms with Crippen LogP contribution < -0.4 is 19.3 Å². The summed E-state index contributed by atoms with van der Waals surface area (Å²) in [6.07, 6.45) is 5.28. The normalized spacial score (nSPS) is 12.1. The van der Waals surface area contributed by atoms with E-state index in [1.165, 1.54) is 11.8 Å². The van der Waals surface area contributed by atoms with Gasteiger partial charge in [-0.15, -0.1) is 0 Å². The van der Waals surface area contributed by atoms with Gasteiger partial charge in [-0.05, 0) is 99.3 Å². The SMILES string of the molecule is CCCCCCN(C(=O)CCCOc1ccc2c(c1)CN(CC(=O)Oc1c(C)cc(C)cc1C)C(N(C(C)=O)c1ccc(Cl)cc1)=N2)c1ccccc1. The number of aliphatic imine (C=N–C) groups is 1. The first-order valence-electron chi connectivity index (χ1n) is 18.3. The van der Waals surface area contributed by atoms with Crippen LogP contribution in [0, 0.1) is 20.8 Å². The fourth-order valence-corrected chi connectivity index (χ4v) is 6.69. The number of unbranched alkanes of at least 4 members (excludes halogenated alkanes) is 3. The van der Waals surface area contributed by atoms with E-state index in [1.807, 2.05) is 86.3 Å².